The Kier molecular flexibility index (Phi) is 3.98. The Morgan fingerprint density at radius 3 is 2.28 bits per heavy atom. The average Bonchev–Trinajstić information content (AvgIpc) is 2.37. The first kappa shape index (κ1) is 12.6. The molecule has 0 spiro atoms. The summed E-state index contributed by atoms with van der Waals surface area (Å²) >= 11 is 11.6. The van der Waals surface area contributed by atoms with E-state index in [1.54, 1.807) is 0 Å². The molecule has 0 aliphatic heterocycles. The Labute approximate surface area is 114 Å². The summed E-state index contributed by atoms with van der Waals surface area (Å²) in [7, 11) is 0. The van der Waals surface area contributed by atoms with E-state index in [1.165, 1.54) is 0 Å². The van der Waals surface area contributed by atoms with E-state index in [1.807, 2.05) is 36.4 Å². The maximum Gasteiger partial charge on any atom is 0.225 e. The van der Waals surface area contributed by atoms with Gasteiger partial charge in [-0.05, 0) is 5.56 Å². The largest absolute Gasteiger partial charge is 0.350 e. The second kappa shape index (κ2) is 5.67. The summed E-state index contributed by atoms with van der Waals surface area (Å²) in [6.45, 7) is 0.555. The number of hydrogen-bond acceptors (Lipinski definition) is 4. The maximum atomic E-state index is 8.78. The molecule has 2 rings (SSSR count). The summed E-state index contributed by atoms with van der Waals surface area (Å²) in [6, 6.07) is 11.6. The summed E-state index contributed by atoms with van der Waals surface area (Å²) in [5.41, 5.74) is 1.17. The van der Waals surface area contributed by atoms with Gasteiger partial charge in [-0.15, -0.1) is 0 Å². The van der Waals surface area contributed by atoms with E-state index in [9.17, 15) is 0 Å². The second-order valence-corrected chi connectivity index (χ2v) is 4.17. The van der Waals surface area contributed by atoms with Crippen LogP contribution in [0.15, 0.2) is 30.3 Å². The molecule has 0 amide bonds. The Balaban J connectivity index is 2.14. The topological polar surface area (TPSA) is 61.6 Å². The highest BCUT2D eigenvalue weighted by Crippen LogP contribution is 2.21. The van der Waals surface area contributed by atoms with Crippen LogP contribution in [-0.2, 0) is 6.54 Å². The van der Waals surface area contributed by atoms with E-state index in [0.29, 0.717) is 12.5 Å². The lowest BCUT2D eigenvalue weighted by atomic mass is 10.2. The second-order valence-electron chi connectivity index (χ2n) is 3.45. The van der Waals surface area contributed by atoms with E-state index < -0.39 is 0 Å². The van der Waals surface area contributed by atoms with Crippen LogP contribution in [0.25, 0.3) is 0 Å². The lowest BCUT2D eigenvalue weighted by Crippen LogP contribution is -2.04. The average molecular weight is 279 g/mol. The fraction of sp³-hybridized carbons (Fsp3) is 0.0833. The molecule has 6 heteroatoms. The first-order valence-corrected chi connectivity index (χ1v) is 5.87. The minimum Gasteiger partial charge on any atom is -0.350 e. The van der Waals surface area contributed by atoms with Crippen molar-refractivity contribution in [2.75, 3.05) is 5.32 Å². The highest BCUT2D eigenvalue weighted by molar-refractivity contribution is 6.35. The predicted octanol–water partition coefficient (Wildman–Crippen LogP) is 3.27. The minimum atomic E-state index is 0.0491. The number of hydrogen-bond donors (Lipinski definition) is 1. The van der Waals surface area contributed by atoms with Gasteiger partial charge in [-0.3, -0.25) is 0 Å². The molecule has 1 aromatic carbocycles. The van der Waals surface area contributed by atoms with E-state index in [2.05, 4.69) is 15.3 Å². The van der Waals surface area contributed by atoms with Gasteiger partial charge in [-0.2, -0.15) is 15.2 Å². The van der Waals surface area contributed by atoms with Gasteiger partial charge in [0.1, 0.15) is 11.6 Å². The van der Waals surface area contributed by atoms with Crippen molar-refractivity contribution in [2.24, 2.45) is 0 Å². The van der Waals surface area contributed by atoms with Crippen LogP contribution in [0.5, 0.6) is 0 Å². The molecule has 4 nitrogen and oxygen atoms in total. The molecule has 90 valence electrons. The molecule has 18 heavy (non-hydrogen) atoms. The van der Waals surface area contributed by atoms with E-state index >= 15 is 0 Å². The Hall–Kier alpha value is -1.83. The summed E-state index contributed by atoms with van der Waals surface area (Å²) in [4.78, 5) is 7.91. The lowest BCUT2D eigenvalue weighted by Gasteiger charge is -2.06. The standard InChI is InChI=1S/C12H8Cl2N4/c13-10-9(6-15)11(14)18-12(17-10)16-7-8-4-2-1-3-5-8/h1-5H,7H2,(H,16,17,18). The molecule has 0 saturated heterocycles. The van der Waals surface area contributed by atoms with Crippen LogP contribution in [0.1, 0.15) is 11.1 Å². The molecular formula is C12H8Cl2N4. The van der Waals surface area contributed by atoms with Crippen LogP contribution < -0.4 is 5.32 Å². The van der Waals surface area contributed by atoms with Crippen molar-refractivity contribution in [2.45, 2.75) is 6.54 Å². The molecule has 1 N–H and O–H groups in total. The third kappa shape index (κ3) is 2.89. The fourth-order valence-corrected chi connectivity index (χ4v) is 1.83. The number of aromatic nitrogens is 2. The molecule has 1 heterocycles. The molecule has 0 unspecified atom stereocenters. The maximum absolute atomic E-state index is 8.78. The molecule has 1 aromatic heterocycles. The van der Waals surface area contributed by atoms with Gasteiger partial charge in [0.15, 0.2) is 10.3 Å². The van der Waals surface area contributed by atoms with Gasteiger partial charge in [-0.1, -0.05) is 53.5 Å². The lowest BCUT2D eigenvalue weighted by molar-refractivity contribution is 1.05. The Morgan fingerprint density at radius 1 is 1.11 bits per heavy atom. The first-order valence-electron chi connectivity index (χ1n) is 5.11. The van der Waals surface area contributed by atoms with Crippen molar-refractivity contribution in [3.05, 3.63) is 51.8 Å². The van der Waals surface area contributed by atoms with Crippen LogP contribution in [-0.4, -0.2) is 9.97 Å². The van der Waals surface area contributed by atoms with Gasteiger partial charge in [-0.25, -0.2) is 0 Å². The predicted molar refractivity (Wildman–Crippen MR) is 70.5 cm³/mol. The molecule has 0 aliphatic carbocycles. The van der Waals surface area contributed by atoms with Gasteiger partial charge in [0.2, 0.25) is 5.95 Å². The van der Waals surface area contributed by atoms with Crippen LogP contribution >= 0.6 is 23.2 Å². The van der Waals surface area contributed by atoms with E-state index in [4.69, 9.17) is 28.5 Å². The molecule has 0 atom stereocenters. The number of nitrogens with zero attached hydrogens (tertiary/aromatic N) is 3. The summed E-state index contributed by atoms with van der Waals surface area (Å²) in [5.74, 6) is 0.299. The van der Waals surface area contributed by atoms with Crippen LogP contribution in [0.3, 0.4) is 0 Å². The van der Waals surface area contributed by atoms with Gasteiger partial charge in [0.05, 0.1) is 0 Å². The number of anilines is 1. The number of nitrogens with one attached hydrogen (secondary N) is 1. The number of nitriles is 1. The number of halogens is 2. The van der Waals surface area contributed by atoms with Crippen molar-refractivity contribution in [1.29, 1.82) is 5.26 Å². The summed E-state index contributed by atoms with van der Waals surface area (Å²) in [5, 5.41) is 11.9. The van der Waals surface area contributed by atoms with Crippen molar-refractivity contribution in [3.8, 4) is 6.07 Å². The fourth-order valence-electron chi connectivity index (χ4n) is 1.36. The third-order valence-electron chi connectivity index (χ3n) is 2.23. The molecule has 2 aromatic rings. The zero-order chi connectivity index (χ0) is 13.0. The van der Waals surface area contributed by atoms with Crippen molar-refractivity contribution < 1.29 is 0 Å². The molecular weight excluding hydrogens is 271 g/mol. The highest BCUT2D eigenvalue weighted by Gasteiger charge is 2.10. The zero-order valence-electron chi connectivity index (χ0n) is 9.19. The van der Waals surface area contributed by atoms with E-state index in [-0.39, 0.29) is 15.9 Å². The molecule has 0 aliphatic rings. The van der Waals surface area contributed by atoms with Crippen LogP contribution in [0.4, 0.5) is 5.95 Å². The number of benzene rings is 1. The molecule has 0 saturated carbocycles. The van der Waals surface area contributed by atoms with Crippen molar-refractivity contribution in [3.63, 3.8) is 0 Å². The molecule has 0 bridgehead atoms. The van der Waals surface area contributed by atoms with E-state index in [0.717, 1.165) is 5.56 Å². The number of rotatable bonds is 3. The third-order valence-corrected chi connectivity index (χ3v) is 2.77. The Bertz CT molecular complexity index is 570. The zero-order valence-corrected chi connectivity index (χ0v) is 10.7. The SMILES string of the molecule is N#Cc1c(Cl)nc(NCc2ccccc2)nc1Cl. The van der Waals surface area contributed by atoms with Crippen molar-refractivity contribution >= 4 is 29.2 Å². The Morgan fingerprint density at radius 2 is 1.72 bits per heavy atom. The first-order chi connectivity index (χ1) is 8.70. The normalized spacial score (nSPS) is 9.83. The van der Waals surface area contributed by atoms with Crippen molar-refractivity contribution in [1.82, 2.24) is 9.97 Å². The smallest absolute Gasteiger partial charge is 0.225 e. The van der Waals surface area contributed by atoms with Gasteiger partial charge >= 0.3 is 0 Å². The summed E-state index contributed by atoms with van der Waals surface area (Å²) < 4.78 is 0. The molecule has 0 radical (unpaired) electrons. The van der Waals surface area contributed by atoms with Gasteiger partial charge in [0.25, 0.3) is 0 Å². The van der Waals surface area contributed by atoms with Crippen LogP contribution in [0, 0.1) is 11.3 Å². The van der Waals surface area contributed by atoms with Crippen LogP contribution in [0.2, 0.25) is 10.3 Å². The van der Waals surface area contributed by atoms with Gasteiger partial charge in [0, 0.05) is 6.54 Å². The highest BCUT2D eigenvalue weighted by atomic mass is 35.5. The quantitative estimate of drug-likeness (QED) is 0.876. The van der Waals surface area contributed by atoms with Gasteiger partial charge < -0.3 is 5.32 Å². The monoisotopic (exact) mass is 278 g/mol. The molecule has 0 fully saturated rings. The summed E-state index contributed by atoms with van der Waals surface area (Å²) in [6.07, 6.45) is 0. The minimum absolute atomic E-state index is 0.0491.